The molecule has 6 nitrogen and oxygen atoms in total. The number of benzene rings is 2. The molecule has 1 N–H and O–H groups in total. The summed E-state index contributed by atoms with van der Waals surface area (Å²) in [6.07, 6.45) is -6.43. The van der Waals surface area contributed by atoms with Gasteiger partial charge < -0.3 is 14.5 Å². The van der Waals surface area contributed by atoms with Gasteiger partial charge in [0.2, 0.25) is 0 Å². The fraction of sp³-hybridized carbons (Fsp3) is 0.452. The quantitative estimate of drug-likeness (QED) is 0.188. The number of anilines is 1. The molecule has 1 heterocycles. The van der Waals surface area contributed by atoms with Gasteiger partial charge in [-0.15, -0.1) is 0 Å². The molecular formula is C31H34F6N4O2S. The number of alkyl carbamates (subject to hydrolysis) is 1. The van der Waals surface area contributed by atoms with Gasteiger partial charge in [-0.3, -0.25) is 5.32 Å². The molecule has 0 atom stereocenters. The number of carbonyl (C=O) groups excluding carboxylic acids is 1. The second-order valence-corrected chi connectivity index (χ2v) is 11.2. The summed E-state index contributed by atoms with van der Waals surface area (Å²) in [6, 6.07) is 10.7. The zero-order chi connectivity index (χ0) is 32.1. The Kier molecular flexibility index (Phi) is 10.6. The third kappa shape index (κ3) is 8.52. The van der Waals surface area contributed by atoms with E-state index < -0.39 is 36.1 Å². The van der Waals surface area contributed by atoms with E-state index in [1.54, 1.807) is 6.92 Å². The van der Waals surface area contributed by atoms with E-state index in [0.717, 1.165) is 43.1 Å². The van der Waals surface area contributed by atoms with E-state index in [-0.39, 0.29) is 29.9 Å². The lowest BCUT2D eigenvalue weighted by Crippen LogP contribution is -2.42. The fourth-order valence-corrected chi connectivity index (χ4v) is 5.69. The average Bonchev–Trinajstić information content (AvgIpc) is 3.47. The summed E-state index contributed by atoms with van der Waals surface area (Å²) in [5, 5.41) is 2.97. The maximum absolute atomic E-state index is 13.6. The molecule has 0 saturated heterocycles. The van der Waals surface area contributed by atoms with Crippen LogP contribution < -0.4 is 10.2 Å². The Morgan fingerprint density at radius 2 is 1.61 bits per heavy atom. The number of para-hydroxylation sites is 1. The third-order valence-corrected chi connectivity index (χ3v) is 7.93. The maximum atomic E-state index is 13.6. The molecule has 1 aromatic heterocycles. The maximum Gasteiger partial charge on any atom is 0.416 e. The largest absolute Gasteiger partial charge is 0.450 e. The molecule has 0 unspecified atom stereocenters. The van der Waals surface area contributed by atoms with Crippen LogP contribution in [0.1, 0.15) is 61.8 Å². The van der Waals surface area contributed by atoms with E-state index in [0.29, 0.717) is 36.0 Å². The Hall–Kier alpha value is -3.61. The van der Waals surface area contributed by atoms with Crippen LogP contribution in [0.25, 0.3) is 10.9 Å². The van der Waals surface area contributed by atoms with Crippen LogP contribution in [-0.4, -0.2) is 40.8 Å². The smallest absolute Gasteiger partial charge is 0.416 e. The summed E-state index contributed by atoms with van der Waals surface area (Å²) in [4.78, 5) is 20.7. The summed E-state index contributed by atoms with van der Waals surface area (Å²) >= 11 is 5.46. The Labute approximate surface area is 257 Å². The van der Waals surface area contributed by atoms with Crippen LogP contribution in [0.5, 0.6) is 0 Å². The van der Waals surface area contributed by atoms with Gasteiger partial charge in [0.15, 0.2) is 5.11 Å². The van der Waals surface area contributed by atoms with Crippen molar-refractivity contribution in [3.8, 4) is 0 Å². The Morgan fingerprint density at radius 1 is 0.977 bits per heavy atom. The molecule has 3 aromatic rings. The number of nitrogens with zero attached hydrogens (tertiary/aromatic N) is 3. The SMILES string of the molecule is CCOC(=O)NC(=S)N(Cc1cc(C(F)(F)F)cc(C(F)(F)F)c1)Cc1cc2ccccc2nc1N(CC)CC1CCCC1. The van der Waals surface area contributed by atoms with Crippen LogP contribution >= 0.6 is 12.2 Å². The normalized spacial score (nSPS) is 14.1. The van der Waals surface area contributed by atoms with Crippen molar-refractivity contribution in [1.29, 1.82) is 0 Å². The lowest BCUT2D eigenvalue weighted by molar-refractivity contribution is -0.143. The number of pyridine rings is 1. The van der Waals surface area contributed by atoms with E-state index in [4.69, 9.17) is 21.9 Å². The Balaban J connectivity index is 1.78. The molecule has 1 fully saturated rings. The van der Waals surface area contributed by atoms with Crippen LogP contribution in [0.2, 0.25) is 0 Å². The first-order valence-corrected chi connectivity index (χ1v) is 14.8. The highest BCUT2D eigenvalue weighted by molar-refractivity contribution is 7.80. The lowest BCUT2D eigenvalue weighted by atomic mass is 10.0. The third-order valence-electron chi connectivity index (χ3n) is 7.57. The molecule has 1 amide bonds. The van der Waals surface area contributed by atoms with E-state index in [2.05, 4.69) is 10.2 Å². The molecule has 0 spiro atoms. The number of thiocarbonyl (C=S) groups is 1. The summed E-state index contributed by atoms with van der Waals surface area (Å²) in [5.74, 6) is 1.12. The van der Waals surface area contributed by atoms with E-state index >= 15 is 0 Å². The fourth-order valence-electron chi connectivity index (χ4n) is 5.48. The molecule has 13 heteroatoms. The van der Waals surface area contributed by atoms with Crippen molar-refractivity contribution in [2.45, 2.75) is 65.0 Å². The van der Waals surface area contributed by atoms with Crippen LogP contribution in [0.15, 0.2) is 48.5 Å². The number of carbonyl (C=O) groups is 1. The molecule has 44 heavy (non-hydrogen) atoms. The number of alkyl halides is 6. The zero-order valence-corrected chi connectivity index (χ0v) is 25.2. The second kappa shape index (κ2) is 14.0. The highest BCUT2D eigenvalue weighted by atomic mass is 32.1. The predicted octanol–water partition coefficient (Wildman–Crippen LogP) is 8.32. The number of hydrogen-bond donors (Lipinski definition) is 1. The van der Waals surface area contributed by atoms with Crippen molar-refractivity contribution < 1.29 is 35.9 Å². The highest BCUT2D eigenvalue weighted by Crippen LogP contribution is 2.37. The van der Waals surface area contributed by atoms with Gasteiger partial charge >= 0.3 is 18.4 Å². The Morgan fingerprint density at radius 3 is 2.20 bits per heavy atom. The molecule has 4 rings (SSSR count). The highest BCUT2D eigenvalue weighted by Gasteiger charge is 2.37. The van der Waals surface area contributed by atoms with Crippen molar-refractivity contribution >= 4 is 40.1 Å². The molecule has 238 valence electrons. The van der Waals surface area contributed by atoms with Crippen molar-refractivity contribution in [2.24, 2.45) is 5.92 Å². The van der Waals surface area contributed by atoms with Gasteiger partial charge in [0.25, 0.3) is 0 Å². The van der Waals surface area contributed by atoms with Crippen LogP contribution in [0, 0.1) is 5.92 Å². The summed E-state index contributed by atoms with van der Waals surface area (Å²) in [7, 11) is 0. The zero-order valence-electron chi connectivity index (χ0n) is 24.4. The van der Waals surface area contributed by atoms with Crippen LogP contribution in [-0.2, 0) is 30.2 Å². The minimum Gasteiger partial charge on any atom is -0.450 e. The van der Waals surface area contributed by atoms with Gasteiger partial charge in [-0.1, -0.05) is 31.0 Å². The number of halogens is 6. The first kappa shape index (κ1) is 33.3. The van der Waals surface area contributed by atoms with Crippen molar-refractivity contribution in [2.75, 3.05) is 24.6 Å². The van der Waals surface area contributed by atoms with Crippen molar-refractivity contribution in [3.63, 3.8) is 0 Å². The summed E-state index contributed by atoms with van der Waals surface area (Å²) in [6.45, 7) is 4.48. The molecule has 1 saturated carbocycles. The van der Waals surface area contributed by atoms with Crippen LogP contribution in [0.3, 0.4) is 0 Å². The number of fused-ring (bicyclic) bond motifs is 1. The molecule has 0 bridgehead atoms. The number of nitrogens with one attached hydrogen (secondary N) is 1. The van der Waals surface area contributed by atoms with E-state index in [1.807, 2.05) is 37.3 Å². The minimum atomic E-state index is -5.01. The van der Waals surface area contributed by atoms with E-state index in [1.165, 1.54) is 4.90 Å². The van der Waals surface area contributed by atoms with E-state index in [9.17, 15) is 31.1 Å². The molecule has 1 aliphatic rings. The number of amides is 1. The summed E-state index contributed by atoms with van der Waals surface area (Å²) in [5.41, 5.74) is -1.77. The first-order valence-electron chi connectivity index (χ1n) is 14.4. The summed E-state index contributed by atoms with van der Waals surface area (Å²) < 4.78 is 86.7. The van der Waals surface area contributed by atoms with Crippen molar-refractivity contribution in [3.05, 3.63) is 70.8 Å². The number of ether oxygens (including phenoxy) is 1. The standard InChI is InChI=1S/C31H34F6N4O2S/c1-3-40(17-20-9-5-6-10-20)27-23(15-22-11-7-8-12-26(22)38-27)19-41(28(44)39-29(42)43-4-2)18-21-13-24(30(32,33)34)16-25(14-21)31(35,36)37/h7-8,11-16,20H,3-6,9-10,17-19H2,1-2H3,(H,39,42,44). The molecule has 0 radical (unpaired) electrons. The van der Waals surface area contributed by atoms with Gasteiger partial charge in [0.1, 0.15) is 5.82 Å². The van der Waals surface area contributed by atoms with Gasteiger partial charge in [-0.05, 0) is 80.7 Å². The molecular weight excluding hydrogens is 606 g/mol. The molecule has 2 aromatic carbocycles. The molecule has 1 aliphatic carbocycles. The number of aromatic nitrogens is 1. The topological polar surface area (TPSA) is 57.7 Å². The average molecular weight is 641 g/mol. The number of hydrogen-bond acceptors (Lipinski definition) is 5. The van der Waals surface area contributed by atoms with Crippen molar-refractivity contribution in [1.82, 2.24) is 15.2 Å². The predicted molar refractivity (Wildman–Crippen MR) is 160 cm³/mol. The van der Waals surface area contributed by atoms with Gasteiger partial charge in [0.05, 0.1) is 23.3 Å². The number of rotatable bonds is 9. The van der Waals surface area contributed by atoms with Gasteiger partial charge in [-0.2, -0.15) is 26.3 Å². The minimum absolute atomic E-state index is 0.0301. The molecule has 0 aliphatic heterocycles. The first-order chi connectivity index (χ1) is 20.8. The Bertz CT molecular complexity index is 1440. The second-order valence-electron chi connectivity index (χ2n) is 10.8. The lowest BCUT2D eigenvalue weighted by Gasteiger charge is -2.31. The monoisotopic (exact) mass is 640 g/mol. The van der Waals surface area contributed by atoms with Crippen LogP contribution in [0.4, 0.5) is 37.0 Å². The van der Waals surface area contributed by atoms with Gasteiger partial charge in [0, 0.05) is 37.1 Å². The van der Waals surface area contributed by atoms with Gasteiger partial charge in [-0.25, -0.2) is 9.78 Å².